The number of H-pyrrole nitrogens is 1. The first-order valence-electron chi connectivity index (χ1n) is 8.00. The number of benzene rings is 1. The molecule has 0 fully saturated rings. The van der Waals surface area contributed by atoms with Gasteiger partial charge in [-0.15, -0.1) is 0 Å². The molecule has 0 spiro atoms. The first-order valence-corrected chi connectivity index (χ1v) is 8.00. The number of ether oxygens (including phenoxy) is 2. The molecule has 0 aliphatic heterocycles. The fourth-order valence-corrected chi connectivity index (χ4v) is 2.67. The van der Waals surface area contributed by atoms with Crippen LogP contribution in [0.1, 0.15) is 44.6 Å². The molecule has 0 saturated carbocycles. The summed E-state index contributed by atoms with van der Waals surface area (Å²) in [5.74, 6) is -2.00. The first kappa shape index (κ1) is 19.4. The van der Waals surface area contributed by atoms with E-state index >= 15 is 0 Å². The van der Waals surface area contributed by atoms with Crippen LogP contribution in [0.2, 0.25) is 0 Å². The van der Waals surface area contributed by atoms with Gasteiger partial charge in [-0.3, -0.25) is 9.59 Å². The average Bonchev–Trinajstić information content (AvgIpc) is 2.90. The lowest BCUT2D eigenvalue weighted by atomic mass is 10.1. The molecule has 1 aromatic heterocycles. The van der Waals surface area contributed by atoms with Crippen molar-refractivity contribution < 1.29 is 28.2 Å². The predicted octanol–water partition coefficient (Wildman–Crippen LogP) is 2.91. The number of carbonyl (C=O) groups excluding carboxylic acids is 3. The second-order valence-electron chi connectivity index (χ2n) is 5.92. The Kier molecular flexibility index (Phi) is 5.92. The van der Waals surface area contributed by atoms with E-state index in [-0.39, 0.29) is 12.1 Å². The van der Waals surface area contributed by atoms with E-state index in [2.05, 4.69) is 4.98 Å². The minimum absolute atomic E-state index is 0.0754. The third kappa shape index (κ3) is 4.17. The minimum atomic E-state index is -1.04. The fourth-order valence-electron chi connectivity index (χ4n) is 2.67. The second kappa shape index (κ2) is 7.95. The van der Waals surface area contributed by atoms with Crippen molar-refractivity contribution in [2.24, 2.45) is 0 Å². The highest BCUT2D eigenvalue weighted by atomic mass is 19.1. The van der Waals surface area contributed by atoms with Gasteiger partial charge in [-0.2, -0.15) is 0 Å². The molecule has 1 atom stereocenters. The molecular weight excluding hydrogens is 341 g/mol. The standard InChI is InChI=1S/C19H20FNO5/c1-10-16(19(24)25-4)11(2)21-17(10)18(23)12(3)26-15(22)9-13-5-7-14(20)8-6-13/h5-8,12,21H,9H2,1-4H3/t12-/m1/s1. The van der Waals surface area contributed by atoms with Gasteiger partial charge in [0.25, 0.3) is 0 Å². The van der Waals surface area contributed by atoms with E-state index < -0.39 is 29.6 Å². The molecule has 1 aromatic carbocycles. The minimum Gasteiger partial charge on any atom is -0.465 e. The Labute approximate surface area is 150 Å². The Morgan fingerprint density at radius 3 is 2.35 bits per heavy atom. The molecule has 0 amide bonds. The van der Waals surface area contributed by atoms with Crippen molar-refractivity contribution in [2.45, 2.75) is 33.3 Å². The van der Waals surface area contributed by atoms with Crippen LogP contribution in [0, 0.1) is 19.7 Å². The maximum absolute atomic E-state index is 12.9. The summed E-state index contributed by atoms with van der Waals surface area (Å²) in [6.07, 6.45) is -1.11. The number of nitrogens with one attached hydrogen (secondary N) is 1. The van der Waals surface area contributed by atoms with Crippen LogP contribution < -0.4 is 0 Å². The molecule has 1 N–H and O–H groups in total. The van der Waals surface area contributed by atoms with Crippen LogP contribution in [0.5, 0.6) is 0 Å². The van der Waals surface area contributed by atoms with Crippen molar-refractivity contribution in [3.05, 3.63) is 58.2 Å². The van der Waals surface area contributed by atoms with Gasteiger partial charge in [0, 0.05) is 5.69 Å². The van der Waals surface area contributed by atoms with E-state index in [1.807, 2.05) is 0 Å². The van der Waals surface area contributed by atoms with E-state index in [9.17, 15) is 18.8 Å². The van der Waals surface area contributed by atoms with Gasteiger partial charge in [0.2, 0.25) is 5.78 Å². The van der Waals surface area contributed by atoms with E-state index in [0.717, 1.165) is 0 Å². The lowest BCUT2D eigenvalue weighted by molar-refractivity contribution is -0.145. The number of ketones is 1. The van der Waals surface area contributed by atoms with Crippen molar-refractivity contribution in [2.75, 3.05) is 7.11 Å². The summed E-state index contributed by atoms with van der Waals surface area (Å²) < 4.78 is 22.8. The van der Waals surface area contributed by atoms with E-state index in [1.165, 1.54) is 38.3 Å². The quantitative estimate of drug-likeness (QED) is 0.632. The molecule has 7 heteroatoms. The normalized spacial score (nSPS) is 11.7. The molecule has 0 bridgehead atoms. The Balaban J connectivity index is 2.08. The van der Waals surface area contributed by atoms with Gasteiger partial charge in [-0.1, -0.05) is 12.1 Å². The molecule has 0 unspecified atom stereocenters. The summed E-state index contributed by atoms with van der Waals surface area (Å²) in [4.78, 5) is 39.2. The highest BCUT2D eigenvalue weighted by Gasteiger charge is 2.27. The van der Waals surface area contributed by atoms with Crippen molar-refractivity contribution >= 4 is 17.7 Å². The number of halogens is 1. The van der Waals surface area contributed by atoms with Crippen molar-refractivity contribution in [1.29, 1.82) is 0 Å². The summed E-state index contributed by atoms with van der Waals surface area (Å²) in [5.41, 5.74) is 2.02. The van der Waals surface area contributed by atoms with Crippen molar-refractivity contribution in [3.8, 4) is 0 Å². The maximum Gasteiger partial charge on any atom is 0.339 e. The van der Waals surface area contributed by atoms with Crippen molar-refractivity contribution in [3.63, 3.8) is 0 Å². The lowest BCUT2D eigenvalue weighted by Gasteiger charge is -2.12. The van der Waals surface area contributed by atoms with Gasteiger partial charge < -0.3 is 14.5 Å². The second-order valence-corrected chi connectivity index (χ2v) is 5.92. The van der Waals surface area contributed by atoms with Crippen LogP contribution in [0.3, 0.4) is 0 Å². The third-order valence-electron chi connectivity index (χ3n) is 4.01. The number of methoxy groups -OCH3 is 1. The lowest BCUT2D eigenvalue weighted by Crippen LogP contribution is -2.26. The molecule has 0 aliphatic carbocycles. The molecule has 2 aromatic rings. The van der Waals surface area contributed by atoms with Gasteiger partial charge in [0.1, 0.15) is 5.82 Å². The van der Waals surface area contributed by atoms with Crippen LogP contribution in [0.25, 0.3) is 0 Å². The van der Waals surface area contributed by atoms with Crippen molar-refractivity contribution in [1.82, 2.24) is 4.98 Å². The molecule has 2 rings (SSSR count). The zero-order chi connectivity index (χ0) is 19.4. The van der Waals surface area contributed by atoms with Crippen LogP contribution in [0.4, 0.5) is 4.39 Å². The number of Topliss-reactive ketones (excluding diaryl/α,β-unsaturated/α-hetero) is 1. The summed E-state index contributed by atoms with van der Waals surface area (Å²) in [5, 5.41) is 0. The largest absolute Gasteiger partial charge is 0.465 e. The van der Waals surface area contributed by atoms with Crippen LogP contribution in [0.15, 0.2) is 24.3 Å². The fraction of sp³-hybridized carbons (Fsp3) is 0.316. The van der Waals surface area contributed by atoms with E-state index in [4.69, 9.17) is 9.47 Å². The summed E-state index contributed by atoms with van der Waals surface area (Å²) in [7, 11) is 1.26. The number of aromatic nitrogens is 1. The highest BCUT2D eigenvalue weighted by Crippen LogP contribution is 2.21. The summed E-state index contributed by atoms with van der Waals surface area (Å²) in [6.45, 7) is 4.73. The molecule has 26 heavy (non-hydrogen) atoms. The van der Waals surface area contributed by atoms with E-state index in [1.54, 1.807) is 13.8 Å². The van der Waals surface area contributed by atoms with Gasteiger partial charge in [0.15, 0.2) is 6.10 Å². The van der Waals surface area contributed by atoms with Crippen LogP contribution in [-0.2, 0) is 20.7 Å². The topological polar surface area (TPSA) is 85.5 Å². The number of hydrogen-bond donors (Lipinski definition) is 1. The van der Waals surface area contributed by atoms with Gasteiger partial charge in [-0.25, -0.2) is 9.18 Å². The number of aryl methyl sites for hydroxylation is 1. The predicted molar refractivity (Wildman–Crippen MR) is 91.6 cm³/mol. The first-order chi connectivity index (χ1) is 12.2. The van der Waals surface area contributed by atoms with Gasteiger partial charge in [0.05, 0.1) is 24.8 Å². The maximum atomic E-state index is 12.9. The molecule has 6 nitrogen and oxygen atoms in total. The summed E-state index contributed by atoms with van der Waals surface area (Å²) in [6, 6.07) is 5.45. The Morgan fingerprint density at radius 2 is 1.77 bits per heavy atom. The average molecular weight is 361 g/mol. The third-order valence-corrected chi connectivity index (χ3v) is 4.01. The van der Waals surface area contributed by atoms with Crippen LogP contribution in [-0.4, -0.2) is 35.9 Å². The highest BCUT2D eigenvalue weighted by molar-refractivity contribution is 6.04. The van der Waals surface area contributed by atoms with Gasteiger partial charge in [-0.05, 0) is 44.0 Å². The Bertz CT molecular complexity index is 838. The zero-order valence-corrected chi connectivity index (χ0v) is 15.0. The number of aromatic amines is 1. The monoisotopic (exact) mass is 361 g/mol. The Hall–Kier alpha value is -2.96. The number of carbonyl (C=O) groups is 3. The molecule has 0 aliphatic rings. The smallest absolute Gasteiger partial charge is 0.339 e. The Morgan fingerprint density at radius 1 is 1.15 bits per heavy atom. The molecule has 1 heterocycles. The molecule has 0 saturated heterocycles. The van der Waals surface area contributed by atoms with Gasteiger partial charge >= 0.3 is 11.9 Å². The van der Waals surface area contributed by atoms with E-state index in [0.29, 0.717) is 22.4 Å². The SMILES string of the molecule is COC(=O)c1c(C)[nH]c(C(=O)[C@@H](C)OC(=O)Cc2ccc(F)cc2)c1C. The van der Waals surface area contributed by atoms with Crippen LogP contribution >= 0.6 is 0 Å². The number of hydrogen-bond acceptors (Lipinski definition) is 5. The summed E-state index contributed by atoms with van der Waals surface area (Å²) >= 11 is 0. The number of esters is 2. The number of rotatable bonds is 6. The zero-order valence-electron chi connectivity index (χ0n) is 15.0. The molecule has 138 valence electrons. The molecular formula is C19H20FNO5. The molecule has 0 radical (unpaired) electrons.